The van der Waals surface area contributed by atoms with Crippen molar-refractivity contribution in [2.75, 3.05) is 88.8 Å². The fourth-order valence-electron chi connectivity index (χ4n) is 7.81. The second-order valence-electron chi connectivity index (χ2n) is 15.9. The third kappa shape index (κ3) is 14.4. The van der Waals surface area contributed by atoms with Crippen molar-refractivity contribution in [3.05, 3.63) is 107 Å². The Hall–Kier alpha value is -3.99. The molecule has 10 heteroatoms. The second-order valence-corrected chi connectivity index (χ2v) is 18.4. The van der Waals surface area contributed by atoms with Crippen LogP contribution < -0.4 is 14.7 Å². The molecule has 58 heavy (non-hydrogen) atoms. The Balaban J connectivity index is 1.06. The number of nitrogens with zero attached hydrogens (tertiary/aromatic N) is 5. The highest BCUT2D eigenvalue weighted by atomic mass is 33.1. The molecule has 2 aliphatic heterocycles. The van der Waals surface area contributed by atoms with Gasteiger partial charge in [-0.3, -0.25) is 9.59 Å². The number of carbonyl (C=O) groups is 2. The van der Waals surface area contributed by atoms with Crippen LogP contribution in [0.5, 0.6) is 0 Å². The monoisotopic (exact) mass is 826 g/mol. The number of rotatable bonds is 21. The van der Waals surface area contributed by atoms with E-state index in [-0.39, 0.29) is 11.8 Å². The van der Waals surface area contributed by atoms with Gasteiger partial charge in [-0.2, -0.15) is 0 Å². The molecule has 314 valence electrons. The maximum Gasteiger partial charge on any atom is 0.233 e. The summed E-state index contributed by atoms with van der Waals surface area (Å²) in [5, 5.41) is 0. The summed E-state index contributed by atoms with van der Waals surface area (Å²) >= 11 is 0. The van der Waals surface area contributed by atoms with Crippen LogP contribution in [0.15, 0.2) is 95.8 Å². The molecule has 2 aromatic carbocycles. The Morgan fingerprint density at radius 3 is 1.67 bits per heavy atom. The predicted molar refractivity (Wildman–Crippen MR) is 253 cm³/mol. The van der Waals surface area contributed by atoms with E-state index in [4.69, 9.17) is 0 Å². The Morgan fingerprint density at radius 1 is 0.724 bits per heavy atom. The van der Waals surface area contributed by atoms with Crippen molar-refractivity contribution in [3.63, 3.8) is 0 Å². The number of nitrogens with one attached hydrogen (secondary N) is 1. The minimum atomic E-state index is 0.0916. The number of likely N-dealkylation sites (N-methyl/N-ethyl adjacent to an activating group) is 1. The summed E-state index contributed by atoms with van der Waals surface area (Å²) < 4.78 is 2.45. The van der Waals surface area contributed by atoms with Crippen LogP contribution in [0.2, 0.25) is 0 Å². The third-order valence-electron chi connectivity index (χ3n) is 11.4. The van der Waals surface area contributed by atoms with Crippen LogP contribution in [0.25, 0.3) is 12.2 Å². The molecular formula is C48H70N6O2S2+2. The Bertz CT molecular complexity index is 1850. The highest BCUT2D eigenvalue weighted by Gasteiger charge is 2.22. The molecule has 0 saturated heterocycles. The van der Waals surface area contributed by atoms with Gasteiger partial charge < -0.3 is 24.5 Å². The Morgan fingerprint density at radius 2 is 1.22 bits per heavy atom. The summed E-state index contributed by atoms with van der Waals surface area (Å²) in [6.07, 6.45) is 18.6. The largest absolute Gasteiger partial charge is 0.375 e. The van der Waals surface area contributed by atoms with Gasteiger partial charge in [0.1, 0.15) is 18.3 Å². The summed E-state index contributed by atoms with van der Waals surface area (Å²) in [5.41, 5.74) is 10.1. The molecular weight excluding hydrogens is 757 g/mol. The SMILES string of the molecule is CC[N+]1=C(C)C=C(/C=C/c2ccc(N(C)CCCN(C)C(=O)CSSCC(=O)N(C)CCCN(C)c3ccc(/C=C/C4=CC(C)[NH+](CC)C(C)=C4)cc3)cc2)CC1C. The molecule has 0 spiro atoms. The van der Waals surface area contributed by atoms with Crippen molar-refractivity contribution in [2.24, 2.45) is 0 Å². The number of hydrogen-bond donors (Lipinski definition) is 1. The van der Waals surface area contributed by atoms with Gasteiger partial charge in [0.25, 0.3) is 0 Å². The van der Waals surface area contributed by atoms with Crippen molar-refractivity contribution in [1.29, 1.82) is 0 Å². The van der Waals surface area contributed by atoms with Gasteiger partial charge in [-0.1, -0.05) is 70.2 Å². The molecule has 2 aromatic rings. The van der Waals surface area contributed by atoms with Crippen LogP contribution >= 0.6 is 21.6 Å². The minimum absolute atomic E-state index is 0.0916. The first-order valence-corrected chi connectivity index (χ1v) is 23.6. The van der Waals surface area contributed by atoms with Crippen molar-refractivity contribution < 1.29 is 19.1 Å². The zero-order valence-corrected chi connectivity index (χ0v) is 38.6. The molecule has 3 unspecified atom stereocenters. The van der Waals surface area contributed by atoms with E-state index in [1.165, 1.54) is 65.9 Å². The molecule has 8 nitrogen and oxygen atoms in total. The first kappa shape index (κ1) is 46.7. The third-order valence-corrected chi connectivity index (χ3v) is 13.5. The fourth-order valence-corrected chi connectivity index (χ4v) is 9.72. The number of anilines is 2. The zero-order valence-electron chi connectivity index (χ0n) is 37.0. The molecule has 2 aliphatic rings. The van der Waals surface area contributed by atoms with Gasteiger partial charge in [-0.05, 0) is 93.2 Å². The average molecular weight is 827 g/mol. The van der Waals surface area contributed by atoms with Crippen LogP contribution in [0.4, 0.5) is 11.4 Å². The quantitative estimate of drug-likeness (QED) is 0.0792. The second kappa shape index (κ2) is 23.6. The highest BCUT2D eigenvalue weighted by Crippen LogP contribution is 2.23. The predicted octanol–water partition coefficient (Wildman–Crippen LogP) is 7.71. The topological polar surface area (TPSA) is 54.6 Å². The molecule has 1 N–H and O–H groups in total. The molecule has 0 aliphatic carbocycles. The van der Waals surface area contributed by atoms with Gasteiger partial charge in [0, 0.05) is 98.2 Å². The van der Waals surface area contributed by atoms with E-state index in [0.717, 1.165) is 51.1 Å². The Labute approximate surface area is 358 Å². The molecule has 4 rings (SSSR count). The van der Waals surface area contributed by atoms with Gasteiger partial charge in [0.2, 0.25) is 11.8 Å². The first-order valence-electron chi connectivity index (χ1n) is 21.1. The highest BCUT2D eigenvalue weighted by molar-refractivity contribution is 8.77. The van der Waals surface area contributed by atoms with Crippen LogP contribution in [0.3, 0.4) is 0 Å². The molecule has 2 heterocycles. The molecule has 0 saturated carbocycles. The average Bonchev–Trinajstić information content (AvgIpc) is 3.20. The molecule has 2 amide bonds. The first-order chi connectivity index (χ1) is 27.8. The summed E-state index contributed by atoms with van der Waals surface area (Å²) in [6.45, 7) is 18.7. The van der Waals surface area contributed by atoms with E-state index in [2.05, 4.69) is 161 Å². The standard InChI is InChI=1S/C48H69N6O2S2/c1-11-53-37(3)31-43(32-38(53)4)17-15-41-19-23-45(24-20-41)49(7)27-13-29-51(9)47(55)35-57-58-36-48(56)52(10)30-14-28-50(8)46-25-21-42(22-26-46)16-18-44-33-39(5)54(12-2)40(6)34-44/h15-26,31-33,37,40H,11-14,27-30,34-36H2,1-10H3/q+1/p+1/b17-15+. The lowest BCUT2D eigenvalue weighted by molar-refractivity contribution is -0.877. The van der Waals surface area contributed by atoms with Gasteiger partial charge in [0.15, 0.2) is 11.8 Å². The van der Waals surface area contributed by atoms with Crippen LogP contribution in [-0.4, -0.2) is 123 Å². The number of allylic oxidation sites excluding steroid dienone is 6. The zero-order chi connectivity index (χ0) is 42.2. The number of quaternary nitrogens is 1. The maximum atomic E-state index is 12.8. The van der Waals surface area contributed by atoms with Gasteiger partial charge in [-0.15, -0.1) is 0 Å². The summed E-state index contributed by atoms with van der Waals surface area (Å²) in [7, 11) is 10.9. The van der Waals surface area contributed by atoms with Crippen LogP contribution in [0.1, 0.15) is 71.9 Å². The lowest BCUT2D eigenvalue weighted by Crippen LogP contribution is -3.13. The van der Waals surface area contributed by atoms with Crippen molar-refractivity contribution >= 4 is 62.6 Å². The van der Waals surface area contributed by atoms with Gasteiger partial charge >= 0.3 is 0 Å². The van der Waals surface area contributed by atoms with E-state index in [1.807, 2.05) is 14.1 Å². The summed E-state index contributed by atoms with van der Waals surface area (Å²) in [4.78, 5) is 35.2. The van der Waals surface area contributed by atoms with Crippen LogP contribution in [0, 0.1) is 0 Å². The lowest BCUT2D eigenvalue weighted by atomic mass is 9.99. The Kier molecular flexibility index (Phi) is 19.0. The van der Waals surface area contributed by atoms with E-state index in [9.17, 15) is 9.59 Å². The van der Waals surface area contributed by atoms with E-state index in [0.29, 0.717) is 36.7 Å². The maximum absolute atomic E-state index is 12.8. The molecule has 3 atom stereocenters. The summed E-state index contributed by atoms with van der Waals surface area (Å²) in [5.74, 6) is 0.904. The van der Waals surface area contributed by atoms with Gasteiger partial charge in [0.05, 0.1) is 18.1 Å². The van der Waals surface area contributed by atoms with Crippen molar-refractivity contribution in [3.8, 4) is 0 Å². The van der Waals surface area contributed by atoms with Crippen molar-refractivity contribution in [1.82, 2.24) is 9.80 Å². The molecule has 0 fully saturated rings. The molecule has 0 aromatic heterocycles. The number of benzene rings is 2. The van der Waals surface area contributed by atoms with E-state index < -0.39 is 0 Å². The minimum Gasteiger partial charge on any atom is -0.375 e. The van der Waals surface area contributed by atoms with E-state index >= 15 is 0 Å². The van der Waals surface area contributed by atoms with Crippen molar-refractivity contribution in [2.45, 2.75) is 72.9 Å². The molecule has 0 radical (unpaired) electrons. The van der Waals surface area contributed by atoms with Gasteiger partial charge in [-0.25, -0.2) is 4.58 Å². The number of hydrogen-bond acceptors (Lipinski definition) is 6. The fraction of sp³-hybridized carbons (Fsp3) is 0.479. The smallest absolute Gasteiger partial charge is 0.233 e. The normalized spacial score (nSPS) is 18.3. The number of carbonyl (C=O) groups excluding carboxylic acids is 2. The van der Waals surface area contributed by atoms with Crippen LogP contribution in [-0.2, 0) is 9.59 Å². The van der Waals surface area contributed by atoms with E-state index in [1.54, 1.807) is 9.80 Å². The molecule has 0 bridgehead atoms. The number of amides is 2. The lowest BCUT2D eigenvalue weighted by Gasteiger charge is -2.26. The summed E-state index contributed by atoms with van der Waals surface area (Å²) in [6, 6.07) is 18.4.